The molecule has 3 heteroatoms. The van der Waals surface area contributed by atoms with Crippen molar-refractivity contribution in [3.8, 4) is 0 Å². The fourth-order valence-electron chi connectivity index (χ4n) is 2.89. The molecule has 0 heterocycles. The minimum absolute atomic E-state index is 0.0454. The lowest BCUT2D eigenvalue weighted by molar-refractivity contribution is 0.390. The predicted molar refractivity (Wildman–Crippen MR) is 87.5 cm³/mol. The van der Waals surface area contributed by atoms with Crippen molar-refractivity contribution >= 4 is 11.6 Å². The van der Waals surface area contributed by atoms with E-state index in [4.69, 9.17) is 11.6 Å². The summed E-state index contributed by atoms with van der Waals surface area (Å²) < 4.78 is 13.7. The van der Waals surface area contributed by atoms with Gasteiger partial charge in [0, 0.05) is 12.0 Å². The van der Waals surface area contributed by atoms with Crippen molar-refractivity contribution in [2.45, 2.75) is 25.2 Å². The Bertz CT molecular complexity index is 585. The van der Waals surface area contributed by atoms with Crippen LogP contribution in [0.4, 0.5) is 4.39 Å². The summed E-state index contributed by atoms with van der Waals surface area (Å²) >= 11 is 5.78. The molecule has 0 radical (unpaired) electrons. The van der Waals surface area contributed by atoms with Crippen molar-refractivity contribution in [1.82, 2.24) is 5.32 Å². The molecule has 0 aliphatic carbocycles. The van der Waals surface area contributed by atoms with Crippen molar-refractivity contribution in [3.63, 3.8) is 0 Å². The largest absolute Gasteiger partial charge is 0.319 e. The van der Waals surface area contributed by atoms with E-state index in [2.05, 4.69) is 36.5 Å². The van der Waals surface area contributed by atoms with E-state index in [-0.39, 0.29) is 16.3 Å². The van der Waals surface area contributed by atoms with Crippen LogP contribution in [0.25, 0.3) is 0 Å². The molecule has 2 rings (SSSR count). The SMILES string of the molecule is CCC(CNC)(Cc1ccc(Cl)c(F)c1)c1ccccc1. The van der Waals surface area contributed by atoms with Gasteiger partial charge in [-0.05, 0) is 43.1 Å². The first-order valence-electron chi connectivity index (χ1n) is 7.25. The Morgan fingerprint density at radius 1 is 1.14 bits per heavy atom. The second kappa shape index (κ2) is 7.06. The highest BCUT2D eigenvalue weighted by Crippen LogP contribution is 2.32. The van der Waals surface area contributed by atoms with Gasteiger partial charge in [0.05, 0.1) is 5.02 Å². The molecule has 1 N–H and O–H groups in total. The summed E-state index contributed by atoms with van der Waals surface area (Å²) in [4.78, 5) is 0. The van der Waals surface area contributed by atoms with Gasteiger partial charge in [0.2, 0.25) is 0 Å². The van der Waals surface area contributed by atoms with Crippen LogP contribution >= 0.6 is 11.6 Å². The maximum atomic E-state index is 13.7. The van der Waals surface area contributed by atoms with Crippen LogP contribution in [0.15, 0.2) is 48.5 Å². The van der Waals surface area contributed by atoms with Crippen LogP contribution in [-0.2, 0) is 11.8 Å². The molecule has 2 aromatic carbocycles. The Morgan fingerprint density at radius 2 is 1.86 bits per heavy atom. The molecule has 0 amide bonds. The van der Waals surface area contributed by atoms with Crippen molar-refractivity contribution in [2.24, 2.45) is 0 Å². The van der Waals surface area contributed by atoms with Gasteiger partial charge in [-0.1, -0.05) is 54.9 Å². The summed E-state index contributed by atoms with van der Waals surface area (Å²) in [6.45, 7) is 3.02. The molecule has 0 fully saturated rings. The third-order valence-corrected chi connectivity index (χ3v) is 4.41. The van der Waals surface area contributed by atoms with Crippen LogP contribution in [0.5, 0.6) is 0 Å². The van der Waals surface area contributed by atoms with Gasteiger partial charge < -0.3 is 5.32 Å². The average molecular weight is 306 g/mol. The summed E-state index contributed by atoms with van der Waals surface area (Å²) in [6.07, 6.45) is 1.75. The number of nitrogens with one attached hydrogen (secondary N) is 1. The van der Waals surface area contributed by atoms with Gasteiger partial charge in [0.15, 0.2) is 0 Å². The zero-order valence-corrected chi connectivity index (χ0v) is 13.3. The van der Waals surface area contributed by atoms with E-state index >= 15 is 0 Å². The molecule has 1 unspecified atom stereocenters. The van der Waals surface area contributed by atoms with E-state index in [0.29, 0.717) is 0 Å². The normalized spacial score (nSPS) is 13.9. The van der Waals surface area contributed by atoms with Crippen molar-refractivity contribution in [3.05, 3.63) is 70.5 Å². The molecule has 112 valence electrons. The molecule has 0 saturated carbocycles. The summed E-state index contributed by atoms with van der Waals surface area (Å²) in [6, 6.07) is 15.5. The zero-order chi connectivity index (χ0) is 15.3. The molecule has 0 aliphatic rings. The summed E-state index contributed by atoms with van der Waals surface area (Å²) in [5.41, 5.74) is 2.20. The van der Waals surface area contributed by atoms with Crippen molar-refractivity contribution in [2.75, 3.05) is 13.6 Å². The summed E-state index contributed by atoms with van der Waals surface area (Å²) in [5.74, 6) is -0.350. The number of halogens is 2. The number of rotatable bonds is 6. The number of benzene rings is 2. The van der Waals surface area contributed by atoms with Crippen LogP contribution < -0.4 is 5.32 Å². The van der Waals surface area contributed by atoms with Gasteiger partial charge in [-0.3, -0.25) is 0 Å². The Kier molecular flexibility index (Phi) is 5.38. The lowest BCUT2D eigenvalue weighted by Gasteiger charge is -2.34. The molecule has 21 heavy (non-hydrogen) atoms. The standard InChI is InChI=1S/C18H21ClFN/c1-3-18(13-21-2,15-7-5-4-6-8-15)12-14-9-10-16(19)17(20)11-14/h4-11,21H,3,12-13H2,1-2H3. The predicted octanol–water partition coefficient (Wildman–Crippen LogP) is 4.59. The molecular weight excluding hydrogens is 285 g/mol. The average Bonchev–Trinajstić information content (AvgIpc) is 2.51. The number of hydrogen-bond acceptors (Lipinski definition) is 1. The topological polar surface area (TPSA) is 12.0 Å². The maximum absolute atomic E-state index is 13.7. The summed E-state index contributed by atoms with van der Waals surface area (Å²) in [5, 5.41) is 3.46. The van der Waals surface area contributed by atoms with Crippen molar-refractivity contribution in [1.29, 1.82) is 0 Å². The van der Waals surface area contributed by atoms with E-state index in [9.17, 15) is 4.39 Å². The van der Waals surface area contributed by atoms with Crippen molar-refractivity contribution < 1.29 is 4.39 Å². The van der Waals surface area contributed by atoms with Gasteiger partial charge in [0.1, 0.15) is 5.82 Å². The van der Waals surface area contributed by atoms with Crippen LogP contribution in [0.3, 0.4) is 0 Å². The third kappa shape index (κ3) is 3.63. The van der Waals surface area contributed by atoms with Gasteiger partial charge in [-0.25, -0.2) is 4.39 Å². The highest BCUT2D eigenvalue weighted by atomic mass is 35.5. The summed E-state index contributed by atoms with van der Waals surface area (Å²) in [7, 11) is 1.95. The second-order valence-corrected chi connectivity index (χ2v) is 5.86. The fraction of sp³-hybridized carbons (Fsp3) is 0.333. The maximum Gasteiger partial charge on any atom is 0.142 e. The molecule has 0 bridgehead atoms. The lowest BCUT2D eigenvalue weighted by atomic mass is 9.73. The number of likely N-dealkylation sites (N-methyl/N-ethyl adjacent to an activating group) is 1. The first-order chi connectivity index (χ1) is 10.1. The van der Waals surface area contributed by atoms with Gasteiger partial charge in [-0.15, -0.1) is 0 Å². The van der Waals surface area contributed by atoms with E-state index in [0.717, 1.165) is 24.9 Å². The molecule has 0 saturated heterocycles. The Balaban J connectivity index is 2.38. The smallest absolute Gasteiger partial charge is 0.142 e. The quantitative estimate of drug-likeness (QED) is 0.823. The second-order valence-electron chi connectivity index (χ2n) is 5.46. The molecule has 0 aliphatic heterocycles. The van der Waals surface area contributed by atoms with Gasteiger partial charge >= 0.3 is 0 Å². The number of hydrogen-bond donors (Lipinski definition) is 1. The lowest BCUT2D eigenvalue weighted by Crippen LogP contribution is -2.38. The highest BCUT2D eigenvalue weighted by molar-refractivity contribution is 6.30. The Labute approximate surface area is 131 Å². The fourth-order valence-corrected chi connectivity index (χ4v) is 3.01. The molecule has 2 aromatic rings. The van der Waals surface area contributed by atoms with Crippen LogP contribution in [0.2, 0.25) is 5.02 Å². The third-order valence-electron chi connectivity index (χ3n) is 4.10. The monoisotopic (exact) mass is 305 g/mol. The van der Waals surface area contributed by atoms with E-state index in [1.807, 2.05) is 19.2 Å². The molecule has 0 aromatic heterocycles. The minimum Gasteiger partial charge on any atom is -0.319 e. The van der Waals surface area contributed by atoms with Gasteiger partial charge in [0.25, 0.3) is 0 Å². The Hall–Kier alpha value is -1.38. The highest BCUT2D eigenvalue weighted by Gasteiger charge is 2.30. The van der Waals surface area contributed by atoms with Crippen LogP contribution in [0.1, 0.15) is 24.5 Å². The van der Waals surface area contributed by atoms with Crippen LogP contribution in [0, 0.1) is 5.82 Å². The first-order valence-corrected chi connectivity index (χ1v) is 7.63. The Morgan fingerprint density at radius 3 is 2.43 bits per heavy atom. The molecule has 1 atom stereocenters. The van der Waals surface area contributed by atoms with E-state index < -0.39 is 0 Å². The first kappa shape index (κ1) is 16.0. The van der Waals surface area contributed by atoms with Gasteiger partial charge in [-0.2, -0.15) is 0 Å². The molecule has 0 spiro atoms. The zero-order valence-electron chi connectivity index (χ0n) is 12.5. The minimum atomic E-state index is -0.350. The van der Waals surface area contributed by atoms with Crippen LogP contribution in [-0.4, -0.2) is 13.6 Å². The molecule has 1 nitrogen and oxygen atoms in total. The van der Waals surface area contributed by atoms with E-state index in [1.165, 1.54) is 5.56 Å². The van der Waals surface area contributed by atoms with E-state index in [1.54, 1.807) is 12.1 Å². The molecular formula is C18H21ClFN.